The summed E-state index contributed by atoms with van der Waals surface area (Å²) in [6, 6.07) is 0.0582. The highest BCUT2D eigenvalue weighted by atomic mass is 32.2. The van der Waals surface area contributed by atoms with Gasteiger partial charge in [-0.3, -0.25) is 4.99 Å². The van der Waals surface area contributed by atoms with Crippen molar-refractivity contribution >= 4 is 15.8 Å². The van der Waals surface area contributed by atoms with Crippen molar-refractivity contribution < 1.29 is 8.42 Å². The van der Waals surface area contributed by atoms with Crippen LogP contribution in [0.1, 0.15) is 27.2 Å². The van der Waals surface area contributed by atoms with E-state index in [4.69, 9.17) is 0 Å². The predicted molar refractivity (Wildman–Crippen MR) is 90.6 cm³/mol. The van der Waals surface area contributed by atoms with Crippen molar-refractivity contribution in [3.8, 4) is 0 Å². The first-order valence-corrected chi connectivity index (χ1v) is 9.31. The summed E-state index contributed by atoms with van der Waals surface area (Å²) in [6.07, 6.45) is 1.83. The van der Waals surface area contributed by atoms with Gasteiger partial charge in [-0.1, -0.05) is 13.8 Å². The summed E-state index contributed by atoms with van der Waals surface area (Å²) in [6.45, 7) is 8.12. The number of hydrogen-bond donors (Lipinski definition) is 2. The van der Waals surface area contributed by atoms with Gasteiger partial charge in [0.15, 0.2) is 5.96 Å². The van der Waals surface area contributed by atoms with Gasteiger partial charge in [0.25, 0.3) is 0 Å². The van der Waals surface area contributed by atoms with E-state index in [0.717, 1.165) is 13.1 Å². The van der Waals surface area contributed by atoms with Gasteiger partial charge in [-0.15, -0.1) is 0 Å². The molecule has 0 spiro atoms. The molecule has 0 aliphatic rings. The second-order valence-electron chi connectivity index (χ2n) is 6.79. The maximum Gasteiger partial charge on any atom is 0.191 e. The number of hydrogen-bond acceptors (Lipinski definition) is 4. The molecule has 0 heterocycles. The van der Waals surface area contributed by atoms with E-state index in [1.54, 1.807) is 7.05 Å². The monoisotopic (exact) mass is 320 g/mol. The first-order valence-electron chi connectivity index (χ1n) is 7.25. The van der Waals surface area contributed by atoms with Crippen LogP contribution in [-0.2, 0) is 9.84 Å². The molecule has 1 atom stereocenters. The van der Waals surface area contributed by atoms with Crippen LogP contribution in [0.15, 0.2) is 4.99 Å². The van der Waals surface area contributed by atoms with Gasteiger partial charge in [-0.2, -0.15) is 0 Å². The molecular formula is C14H32N4O2S. The third-order valence-corrected chi connectivity index (χ3v) is 3.98. The molecule has 1 unspecified atom stereocenters. The largest absolute Gasteiger partial charge is 0.356 e. The zero-order chi connectivity index (χ0) is 16.7. The van der Waals surface area contributed by atoms with Crippen LogP contribution in [0.25, 0.3) is 0 Å². The number of nitrogens with one attached hydrogen (secondary N) is 2. The lowest BCUT2D eigenvalue weighted by molar-refractivity contribution is 0.241. The Labute approximate surface area is 130 Å². The maximum absolute atomic E-state index is 11.2. The van der Waals surface area contributed by atoms with Crippen LogP contribution in [0.2, 0.25) is 0 Å². The Hall–Kier alpha value is -0.820. The van der Waals surface area contributed by atoms with Crippen molar-refractivity contribution in [1.82, 2.24) is 15.5 Å². The summed E-state index contributed by atoms with van der Waals surface area (Å²) < 4.78 is 22.3. The van der Waals surface area contributed by atoms with Crippen molar-refractivity contribution in [3.63, 3.8) is 0 Å². The number of nitrogens with zero attached hydrogens (tertiary/aromatic N) is 2. The standard InChI is InChI=1S/C14H32N4O2S/c1-12(8-9-21(7,19)20)17-13(15-4)16-10-14(2,3)11-18(5)6/h12H,8-11H2,1-7H3,(H2,15,16,17). The quantitative estimate of drug-likeness (QED) is 0.505. The zero-order valence-corrected chi connectivity index (χ0v) is 15.3. The highest BCUT2D eigenvalue weighted by Gasteiger charge is 2.19. The Morgan fingerprint density at radius 2 is 1.90 bits per heavy atom. The summed E-state index contributed by atoms with van der Waals surface area (Å²) in [5.74, 6) is 0.896. The third kappa shape index (κ3) is 11.5. The lowest BCUT2D eigenvalue weighted by Crippen LogP contribution is -2.47. The van der Waals surface area contributed by atoms with Gasteiger partial charge in [-0.25, -0.2) is 8.42 Å². The molecule has 0 rings (SSSR count). The zero-order valence-electron chi connectivity index (χ0n) is 14.5. The lowest BCUT2D eigenvalue weighted by Gasteiger charge is -2.29. The van der Waals surface area contributed by atoms with E-state index in [0.29, 0.717) is 12.4 Å². The number of sulfone groups is 1. The average Bonchev–Trinajstić information content (AvgIpc) is 2.29. The molecule has 0 aliphatic carbocycles. The molecule has 0 amide bonds. The molecule has 0 radical (unpaired) electrons. The van der Waals surface area contributed by atoms with Crippen molar-refractivity contribution in [3.05, 3.63) is 0 Å². The summed E-state index contributed by atoms with van der Waals surface area (Å²) in [7, 11) is 2.92. The van der Waals surface area contributed by atoms with Crippen LogP contribution in [0.3, 0.4) is 0 Å². The molecule has 0 saturated heterocycles. The molecule has 2 N–H and O–H groups in total. The summed E-state index contributed by atoms with van der Waals surface area (Å²) in [5.41, 5.74) is 0.122. The molecular weight excluding hydrogens is 288 g/mol. The van der Waals surface area contributed by atoms with Gasteiger partial charge in [0.05, 0.1) is 5.75 Å². The molecule has 0 aromatic carbocycles. The number of rotatable bonds is 8. The topological polar surface area (TPSA) is 73.8 Å². The predicted octanol–water partition coefficient (Wildman–Crippen LogP) is 0.562. The van der Waals surface area contributed by atoms with Crippen LogP contribution in [-0.4, -0.2) is 71.6 Å². The van der Waals surface area contributed by atoms with Gasteiger partial charge in [0.1, 0.15) is 9.84 Å². The van der Waals surface area contributed by atoms with E-state index >= 15 is 0 Å². The van der Waals surface area contributed by atoms with E-state index in [9.17, 15) is 8.42 Å². The molecule has 0 aromatic rings. The summed E-state index contributed by atoms with van der Waals surface area (Å²) in [4.78, 5) is 6.35. The molecule has 0 fully saturated rings. The molecule has 21 heavy (non-hydrogen) atoms. The molecule has 0 saturated carbocycles. The van der Waals surface area contributed by atoms with E-state index in [2.05, 4.69) is 48.5 Å². The van der Waals surface area contributed by atoms with Crippen LogP contribution in [0.4, 0.5) is 0 Å². The average molecular weight is 321 g/mol. The van der Waals surface area contributed by atoms with E-state index in [1.807, 2.05) is 6.92 Å². The smallest absolute Gasteiger partial charge is 0.191 e. The molecule has 0 aliphatic heterocycles. The first-order chi connectivity index (χ1) is 9.45. The van der Waals surface area contributed by atoms with Crippen molar-refractivity contribution in [2.24, 2.45) is 10.4 Å². The normalized spacial score (nSPS) is 15.1. The minimum absolute atomic E-state index is 0.0582. The summed E-state index contributed by atoms with van der Waals surface area (Å²) >= 11 is 0. The molecule has 0 aromatic heterocycles. The van der Waals surface area contributed by atoms with Gasteiger partial charge in [-0.05, 0) is 32.9 Å². The lowest BCUT2D eigenvalue weighted by atomic mass is 9.93. The molecule has 126 valence electrons. The fourth-order valence-electron chi connectivity index (χ4n) is 2.13. The second-order valence-corrected chi connectivity index (χ2v) is 9.05. The Kier molecular flexibility index (Phi) is 8.25. The van der Waals surface area contributed by atoms with Crippen molar-refractivity contribution in [2.45, 2.75) is 33.2 Å². The Bertz CT molecular complexity index is 430. The van der Waals surface area contributed by atoms with E-state index in [1.165, 1.54) is 6.26 Å². The number of guanidine groups is 1. The molecule has 6 nitrogen and oxygen atoms in total. The Balaban J connectivity index is 4.29. The van der Waals surface area contributed by atoms with Crippen LogP contribution in [0, 0.1) is 5.41 Å². The van der Waals surface area contributed by atoms with E-state index < -0.39 is 9.84 Å². The number of aliphatic imine (C=N–C) groups is 1. The molecule has 0 bridgehead atoms. The third-order valence-electron chi connectivity index (χ3n) is 3.01. The van der Waals surface area contributed by atoms with Gasteiger partial charge >= 0.3 is 0 Å². The first kappa shape index (κ1) is 20.2. The van der Waals surface area contributed by atoms with Gasteiger partial charge < -0.3 is 15.5 Å². The second kappa shape index (κ2) is 8.58. The van der Waals surface area contributed by atoms with Crippen LogP contribution >= 0.6 is 0 Å². The Morgan fingerprint density at radius 1 is 1.33 bits per heavy atom. The minimum Gasteiger partial charge on any atom is -0.356 e. The van der Waals surface area contributed by atoms with Gasteiger partial charge in [0.2, 0.25) is 0 Å². The molecule has 7 heteroatoms. The fourth-order valence-corrected chi connectivity index (χ4v) is 2.91. The van der Waals surface area contributed by atoms with E-state index in [-0.39, 0.29) is 17.2 Å². The van der Waals surface area contributed by atoms with Crippen molar-refractivity contribution in [2.75, 3.05) is 46.2 Å². The SMILES string of the molecule is CN=C(NCC(C)(C)CN(C)C)NC(C)CCS(C)(=O)=O. The fraction of sp³-hybridized carbons (Fsp3) is 0.929. The Morgan fingerprint density at radius 3 is 2.33 bits per heavy atom. The minimum atomic E-state index is -2.92. The maximum atomic E-state index is 11.2. The summed E-state index contributed by atoms with van der Waals surface area (Å²) in [5, 5.41) is 6.53. The highest BCUT2D eigenvalue weighted by Crippen LogP contribution is 2.13. The van der Waals surface area contributed by atoms with Crippen LogP contribution in [0.5, 0.6) is 0 Å². The highest BCUT2D eigenvalue weighted by molar-refractivity contribution is 7.90. The van der Waals surface area contributed by atoms with Crippen molar-refractivity contribution in [1.29, 1.82) is 0 Å². The van der Waals surface area contributed by atoms with Crippen LogP contribution < -0.4 is 10.6 Å². The van der Waals surface area contributed by atoms with Gasteiger partial charge in [0, 0.05) is 32.4 Å².